The summed E-state index contributed by atoms with van der Waals surface area (Å²) in [5, 5.41) is 9.80. The minimum Gasteiger partial charge on any atom is -0.369 e. The summed E-state index contributed by atoms with van der Waals surface area (Å²) >= 11 is 1.63. The normalized spacial score (nSPS) is 14.1. The first kappa shape index (κ1) is 14.4. The fraction of sp³-hybridized carbons (Fsp3) is 0.467. The number of anilines is 1. The smallest absolute Gasteiger partial charge is 0.345 e. The van der Waals surface area contributed by atoms with Crippen LogP contribution in [0.4, 0.5) is 5.82 Å². The lowest BCUT2D eigenvalue weighted by Crippen LogP contribution is -2.27. The Kier molecular flexibility index (Phi) is 3.82. The van der Waals surface area contributed by atoms with E-state index in [4.69, 9.17) is 0 Å². The van der Waals surface area contributed by atoms with Crippen molar-refractivity contribution in [3.05, 3.63) is 34.1 Å². The maximum Gasteiger partial charge on any atom is 0.345 e. The van der Waals surface area contributed by atoms with Crippen molar-refractivity contribution < 1.29 is 0 Å². The van der Waals surface area contributed by atoms with Crippen molar-refractivity contribution in [2.45, 2.75) is 38.8 Å². The Morgan fingerprint density at radius 2 is 2.26 bits per heavy atom. The van der Waals surface area contributed by atoms with Gasteiger partial charge >= 0.3 is 5.69 Å². The summed E-state index contributed by atoms with van der Waals surface area (Å²) in [4.78, 5) is 20.8. The lowest BCUT2D eigenvalue weighted by atomic mass is 10.2. The van der Waals surface area contributed by atoms with Crippen LogP contribution in [0.15, 0.2) is 22.6 Å². The molecule has 0 unspecified atom stereocenters. The van der Waals surface area contributed by atoms with Crippen LogP contribution in [0.3, 0.4) is 0 Å². The second-order valence-electron chi connectivity index (χ2n) is 5.67. The average molecular weight is 330 g/mol. The van der Waals surface area contributed by atoms with Crippen molar-refractivity contribution in [2.24, 2.45) is 0 Å². The van der Waals surface area contributed by atoms with Crippen LogP contribution in [0.5, 0.6) is 0 Å². The fourth-order valence-corrected chi connectivity index (χ4v) is 3.76. The highest BCUT2D eigenvalue weighted by molar-refractivity contribution is 7.17. The van der Waals surface area contributed by atoms with E-state index in [2.05, 4.69) is 20.4 Å². The molecule has 1 N–H and O–H groups in total. The predicted octanol–water partition coefficient (Wildman–Crippen LogP) is 1.89. The molecule has 8 heteroatoms. The average Bonchev–Trinajstić information content (AvgIpc) is 3.17. The van der Waals surface area contributed by atoms with E-state index in [0.29, 0.717) is 6.54 Å². The molecule has 0 saturated heterocycles. The molecule has 4 rings (SSSR count). The van der Waals surface area contributed by atoms with Crippen molar-refractivity contribution in [2.75, 3.05) is 11.9 Å². The summed E-state index contributed by atoms with van der Waals surface area (Å²) in [5.41, 5.74) is 0.993. The molecule has 23 heavy (non-hydrogen) atoms. The lowest BCUT2D eigenvalue weighted by molar-refractivity contribution is 0.510. The number of aryl methyl sites for hydroxylation is 2. The molecule has 0 atom stereocenters. The van der Waals surface area contributed by atoms with Gasteiger partial charge in [-0.25, -0.2) is 19.4 Å². The molecular weight excluding hydrogens is 312 g/mol. The summed E-state index contributed by atoms with van der Waals surface area (Å²) in [6.07, 6.45) is 5.52. The van der Waals surface area contributed by atoms with Gasteiger partial charge in [-0.2, -0.15) is 5.10 Å². The van der Waals surface area contributed by atoms with Crippen LogP contribution < -0.4 is 11.0 Å². The van der Waals surface area contributed by atoms with Crippen LogP contribution in [0.1, 0.15) is 25.1 Å². The van der Waals surface area contributed by atoms with E-state index < -0.39 is 0 Å². The quantitative estimate of drug-likeness (QED) is 0.723. The zero-order valence-corrected chi connectivity index (χ0v) is 13.6. The maximum atomic E-state index is 12.2. The lowest BCUT2D eigenvalue weighted by Gasteiger charge is -2.09. The van der Waals surface area contributed by atoms with E-state index in [-0.39, 0.29) is 5.69 Å². The Balaban J connectivity index is 1.38. The molecule has 0 saturated carbocycles. The molecule has 4 heterocycles. The van der Waals surface area contributed by atoms with Gasteiger partial charge < -0.3 is 5.32 Å². The molecule has 0 fully saturated rings. The fourth-order valence-electron chi connectivity index (χ4n) is 2.94. The van der Waals surface area contributed by atoms with Crippen molar-refractivity contribution in [3.63, 3.8) is 0 Å². The van der Waals surface area contributed by atoms with Gasteiger partial charge in [0.25, 0.3) is 0 Å². The second kappa shape index (κ2) is 6.11. The first-order valence-corrected chi connectivity index (χ1v) is 8.79. The topological polar surface area (TPSA) is 77.6 Å². The monoisotopic (exact) mass is 330 g/mol. The molecule has 0 aromatic carbocycles. The van der Waals surface area contributed by atoms with E-state index in [1.165, 1.54) is 0 Å². The first-order valence-electron chi connectivity index (χ1n) is 7.91. The second-order valence-corrected chi connectivity index (χ2v) is 6.58. The van der Waals surface area contributed by atoms with E-state index in [9.17, 15) is 4.79 Å². The first-order chi connectivity index (χ1) is 11.3. The van der Waals surface area contributed by atoms with E-state index in [1.54, 1.807) is 22.3 Å². The zero-order valence-electron chi connectivity index (χ0n) is 12.7. The summed E-state index contributed by atoms with van der Waals surface area (Å²) in [5.74, 6) is 1.80. The van der Waals surface area contributed by atoms with Crippen LogP contribution >= 0.6 is 11.3 Å². The number of rotatable bonds is 5. The highest BCUT2D eigenvalue weighted by Gasteiger charge is 2.16. The number of hydrogen-bond acceptors (Lipinski definition) is 6. The Morgan fingerprint density at radius 1 is 1.30 bits per heavy atom. The molecule has 0 aliphatic carbocycles. The third kappa shape index (κ3) is 2.74. The standard InChI is InChI=1S/C15H18N6OS/c22-15-20-7-2-1-4-12(20)19-21(15)8-3-6-16-14-13-11(5-9-23-13)17-10-18-14/h5,9-10H,1-4,6-8H2,(H,16,17,18). The summed E-state index contributed by atoms with van der Waals surface area (Å²) in [6.45, 7) is 2.19. The number of hydrogen-bond donors (Lipinski definition) is 1. The molecule has 0 spiro atoms. The molecule has 3 aromatic heterocycles. The molecule has 1 aliphatic rings. The van der Waals surface area contributed by atoms with E-state index >= 15 is 0 Å². The Labute approximate surface area is 137 Å². The molecule has 1 aliphatic heterocycles. The number of thiophene rings is 1. The van der Waals surface area contributed by atoms with Crippen molar-refractivity contribution in [1.82, 2.24) is 24.3 Å². The number of nitrogens with zero attached hydrogens (tertiary/aromatic N) is 5. The predicted molar refractivity (Wildman–Crippen MR) is 89.9 cm³/mol. The molecular formula is C15H18N6OS. The minimum atomic E-state index is 0.0300. The number of aromatic nitrogens is 5. The SMILES string of the molecule is O=c1n(CCCNc2ncnc3ccsc23)nc2n1CCCC2. The van der Waals surface area contributed by atoms with Gasteiger partial charge in [-0.15, -0.1) is 11.3 Å². The van der Waals surface area contributed by atoms with Crippen LogP contribution in [-0.2, 0) is 19.5 Å². The van der Waals surface area contributed by atoms with Gasteiger partial charge in [-0.05, 0) is 30.7 Å². The third-order valence-corrected chi connectivity index (χ3v) is 5.02. The van der Waals surface area contributed by atoms with Gasteiger partial charge in [-0.3, -0.25) is 4.57 Å². The van der Waals surface area contributed by atoms with Crippen molar-refractivity contribution in [3.8, 4) is 0 Å². The summed E-state index contributed by atoms with van der Waals surface area (Å²) in [7, 11) is 0. The van der Waals surface area contributed by atoms with Crippen LogP contribution in [0.2, 0.25) is 0 Å². The van der Waals surface area contributed by atoms with Crippen LogP contribution in [0, 0.1) is 0 Å². The highest BCUT2D eigenvalue weighted by Crippen LogP contribution is 2.24. The van der Waals surface area contributed by atoms with Gasteiger partial charge in [0.05, 0.1) is 10.2 Å². The molecule has 7 nitrogen and oxygen atoms in total. The van der Waals surface area contributed by atoms with Gasteiger partial charge in [0.1, 0.15) is 18.0 Å². The molecule has 0 amide bonds. The van der Waals surface area contributed by atoms with Gasteiger partial charge in [0.15, 0.2) is 0 Å². The van der Waals surface area contributed by atoms with Crippen LogP contribution in [0.25, 0.3) is 10.2 Å². The third-order valence-electron chi connectivity index (χ3n) is 4.11. The molecule has 0 bridgehead atoms. The van der Waals surface area contributed by atoms with Gasteiger partial charge in [-0.1, -0.05) is 0 Å². The van der Waals surface area contributed by atoms with Crippen molar-refractivity contribution in [1.29, 1.82) is 0 Å². The Bertz CT molecular complexity index is 880. The van der Waals surface area contributed by atoms with E-state index in [0.717, 1.165) is 60.6 Å². The summed E-state index contributed by atoms with van der Waals surface area (Å²) in [6, 6.07) is 1.99. The van der Waals surface area contributed by atoms with Gasteiger partial charge in [0, 0.05) is 26.1 Å². The zero-order chi connectivity index (χ0) is 15.6. The molecule has 120 valence electrons. The number of fused-ring (bicyclic) bond motifs is 2. The molecule has 3 aromatic rings. The molecule has 0 radical (unpaired) electrons. The van der Waals surface area contributed by atoms with Gasteiger partial charge in [0.2, 0.25) is 0 Å². The van der Waals surface area contributed by atoms with Crippen molar-refractivity contribution >= 4 is 27.4 Å². The highest BCUT2D eigenvalue weighted by atomic mass is 32.1. The number of nitrogens with one attached hydrogen (secondary N) is 1. The van der Waals surface area contributed by atoms with E-state index in [1.807, 2.05) is 16.0 Å². The Hall–Kier alpha value is -2.22. The Morgan fingerprint density at radius 3 is 3.17 bits per heavy atom. The largest absolute Gasteiger partial charge is 0.369 e. The summed E-state index contributed by atoms with van der Waals surface area (Å²) < 4.78 is 4.49. The maximum absolute atomic E-state index is 12.2. The minimum absolute atomic E-state index is 0.0300. The van der Waals surface area contributed by atoms with Crippen LogP contribution in [-0.4, -0.2) is 30.9 Å².